The van der Waals surface area contributed by atoms with Crippen molar-refractivity contribution in [3.63, 3.8) is 0 Å². The first-order valence-electron chi connectivity index (χ1n) is 6.53. The van der Waals surface area contributed by atoms with Crippen LogP contribution in [0.4, 0.5) is 11.4 Å². The molecule has 0 bridgehead atoms. The zero-order valence-corrected chi connectivity index (χ0v) is 12.5. The molecule has 1 saturated carbocycles. The molecule has 5 nitrogen and oxygen atoms in total. The maximum atomic E-state index is 10.6. The number of anilines is 1. The molecule has 0 amide bonds. The van der Waals surface area contributed by atoms with E-state index in [9.17, 15) is 10.1 Å². The Kier molecular flexibility index (Phi) is 4.76. The minimum absolute atomic E-state index is 0.102. The van der Waals surface area contributed by atoms with Crippen LogP contribution in [0.15, 0.2) is 22.7 Å². The average molecular weight is 328 g/mol. The SMILES string of the molecule is CCN(CCNc1ccc([N+](=O)[O-])cc1Br)C1CC1. The number of halogens is 1. The Morgan fingerprint density at radius 1 is 1.53 bits per heavy atom. The number of nitrogens with one attached hydrogen (secondary N) is 1. The van der Waals surface area contributed by atoms with Gasteiger partial charge in [-0.15, -0.1) is 0 Å². The van der Waals surface area contributed by atoms with E-state index in [1.54, 1.807) is 6.07 Å². The molecule has 6 heteroatoms. The van der Waals surface area contributed by atoms with Crippen molar-refractivity contribution >= 4 is 27.3 Å². The fraction of sp³-hybridized carbons (Fsp3) is 0.538. The minimum atomic E-state index is -0.388. The van der Waals surface area contributed by atoms with E-state index in [-0.39, 0.29) is 10.6 Å². The topological polar surface area (TPSA) is 58.4 Å². The number of nitrogens with zero attached hydrogens (tertiary/aromatic N) is 2. The molecule has 0 unspecified atom stereocenters. The van der Waals surface area contributed by atoms with E-state index >= 15 is 0 Å². The summed E-state index contributed by atoms with van der Waals surface area (Å²) in [5, 5.41) is 14.0. The Morgan fingerprint density at radius 2 is 2.26 bits per heavy atom. The lowest BCUT2D eigenvalue weighted by Gasteiger charge is -2.20. The summed E-state index contributed by atoms with van der Waals surface area (Å²) in [5.41, 5.74) is 1.00. The van der Waals surface area contributed by atoms with E-state index in [4.69, 9.17) is 0 Å². The summed E-state index contributed by atoms with van der Waals surface area (Å²) >= 11 is 3.36. The summed E-state index contributed by atoms with van der Waals surface area (Å²) < 4.78 is 0.733. The Morgan fingerprint density at radius 3 is 2.79 bits per heavy atom. The van der Waals surface area contributed by atoms with Crippen molar-refractivity contribution in [3.8, 4) is 0 Å². The molecule has 2 rings (SSSR count). The zero-order chi connectivity index (χ0) is 13.8. The molecule has 1 aliphatic rings. The van der Waals surface area contributed by atoms with E-state index < -0.39 is 0 Å². The van der Waals surface area contributed by atoms with Gasteiger partial charge in [-0.05, 0) is 41.4 Å². The summed E-state index contributed by atoms with van der Waals surface area (Å²) in [6, 6.07) is 5.56. The molecular formula is C13H18BrN3O2. The molecular weight excluding hydrogens is 310 g/mol. The van der Waals surface area contributed by atoms with Crippen LogP contribution >= 0.6 is 15.9 Å². The lowest BCUT2D eigenvalue weighted by molar-refractivity contribution is -0.384. The molecule has 0 spiro atoms. The molecule has 0 aliphatic heterocycles. The molecule has 0 atom stereocenters. The van der Waals surface area contributed by atoms with Gasteiger partial charge in [0.05, 0.1) is 4.92 Å². The number of nitro benzene ring substituents is 1. The van der Waals surface area contributed by atoms with Crippen LogP contribution in [0, 0.1) is 10.1 Å². The first kappa shape index (κ1) is 14.3. The van der Waals surface area contributed by atoms with E-state index in [0.29, 0.717) is 0 Å². The number of rotatable bonds is 7. The smallest absolute Gasteiger partial charge is 0.270 e. The second-order valence-corrected chi connectivity index (χ2v) is 5.56. The standard InChI is InChI=1S/C13H18BrN3O2/c1-2-16(10-3-4-10)8-7-15-13-6-5-11(17(18)19)9-12(13)14/h5-6,9-10,15H,2-4,7-8H2,1H3. The second-order valence-electron chi connectivity index (χ2n) is 4.71. The maximum absolute atomic E-state index is 10.6. The van der Waals surface area contributed by atoms with Gasteiger partial charge < -0.3 is 5.32 Å². The third-order valence-electron chi connectivity index (χ3n) is 3.35. The number of hydrogen-bond acceptors (Lipinski definition) is 4. The summed E-state index contributed by atoms with van der Waals surface area (Å²) in [4.78, 5) is 12.7. The van der Waals surface area contributed by atoms with Gasteiger partial charge in [-0.2, -0.15) is 0 Å². The van der Waals surface area contributed by atoms with E-state index in [1.165, 1.54) is 25.0 Å². The van der Waals surface area contributed by atoms with Crippen molar-refractivity contribution in [2.75, 3.05) is 25.0 Å². The number of likely N-dealkylation sites (N-methyl/N-ethyl adjacent to an activating group) is 1. The van der Waals surface area contributed by atoms with Gasteiger partial charge in [-0.3, -0.25) is 15.0 Å². The first-order valence-corrected chi connectivity index (χ1v) is 7.33. The van der Waals surface area contributed by atoms with Crippen LogP contribution in [0.5, 0.6) is 0 Å². The summed E-state index contributed by atoms with van der Waals surface area (Å²) in [5.74, 6) is 0. The molecule has 0 heterocycles. The molecule has 1 N–H and O–H groups in total. The largest absolute Gasteiger partial charge is 0.383 e. The molecule has 0 aromatic heterocycles. The van der Waals surface area contributed by atoms with Crippen molar-refractivity contribution in [3.05, 3.63) is 32.8 Å². The maximum Gasteiger partial charge on any atom is 0.270 e. The molecule has 0 radical (unpaired) electrons. The lowest BCUT2D eigenvalue weighted by Crippen LogP contribution is -2.30. The van der Waals surface area contributed by atoms with Gasteiger partial charge in [0, 0.05) is 41.4 Å². The normalized spacial score (nSPS) is 14.7. The summed E-state index contributed by atoms with van der Waals surface area (Å²) in [6.07, 6.45) is 2.63. The van der Waals surface area contributed by atoms with Crippen LogP contribution in [0.25, 0.3) is 0 Å². The molecule has 1 aromatic rings. The highest BCUT2D eigenvalue weighted by Crippen LogP contribution is 2.28. The van der Waals surface area contributed by atoms with E-state index in [0.717, 1.165) is 35.8 Å². The van der Waals surface area contributed by atoms with Gasteiger partial charge in [0.25, 0.3) is 5.69 Å². The highest BCUT2D eigenvalue weighted by atomic mass is 79.9. The molecule has 19 heavy (non-hydrogen) atoms. The van der Waals surface area contributed by atoms with Crippen molar-refractivity contribution in [2.24, 2.45) is 0 Å². The van der Waals surface area contributed by atoms with Gasteiger partial charge in [0.1, 0.15) is 0 Å². The van der Waals surface area contributed by atoms with Gasteiger partial charge in [0.15, 0.2) is 0 Å². The molecule has 1 aliphatic carbocycles. The number of non-ortho nitro benzene ring substituents is 1. The van der Waals surface area contributed by atoms with Gasteiger partial charge in [0.2, 0.25) is 0 Å². The van der Waals surface area contributed by atoms with Crippen LogP contribution in [-0.4, -0.2) is 35.5 Å². The van der Waals surface area contributed by atoms with E-state index in [2.05, 4.69) is 33.1 Å². The third kappa shape index (κ3) is 3.91. The molecule has 104 valence electrons. The second kappa shape index (κ2) is 6.34. The highest BCUT2D eigenvalue weighted by molar-refractivity contribution is 9.10. The fourth-order valence-corrected chi connectivity index (χ4v) is 2.64. The predicted molar refractivity (Wildman–Crippen MR) is 79.6 cm³/mol. The average Bonchev–Trinajstić information content (AvgIpc) is 3.20. The van der Waals surface area contributed by atoms with Crippen molar-refractivity contribution in [2.45, 2.75) is 25.8 Å². The number of benzene rings is 1. The van der Waals surface area contributed by atoms with Crippen molar-refractivity contribution in [1.29, 1.82) is 0 Å². The summed E-state index contributed by atoms with van der Waals surface area (Å²) in [6.45, 7) is 5.11. The lowest BCUT2D eigenvalue weighted by atomic mass is 10.3. The van der Waals surface area contributed by atoms with Crippen LogP contribution in [0.1, 0.15) is 19.8 Å². The predicted octanol–water partition coefficient (Wildman–Crippen LogP) is 3.25. The van der Waals surface area contributed by atoms with Crippen LogP contribution in [0.2, 0.25) is 0 Å². The fourth-order valence-electron chi connectivity index (χ4n) is 2.13. The Bertz CT molecular complexity index is 463. The van der Waals surface area contributed by atoms with Gasteiger partial charge >= 0.3 is 0 Å². The zero-order valence-electron chi connectivity index (χ0n) is 10.9. The minimum Gasteiger partial charge on any atom is -0.383 e. The van der Waals surface area contributed by atoms with Crippen LogP contribution < -0.4 is 5.32 Å². The van der Waals surface area contributed by atoms with Crippen molar-refractivity contribution < 1.29 is 4.92 Å². The van der Waals surface area contributed by atoms with Gasteiger partial charge in [-0.25, -0.2) is 0 Å². The molecule has 1 fully saturated rings. The van der Waals surface area contributed by atoms with Crippen LogP contribution in [0.3, 0.4) is 0 Å². The molecule has 0 saturated heterocycles. The van der Waals surface area contributed by atoms with Crippen LogP contribution in [-0.2, 0) is 0 Å². The first-order chi connectivity index (χ1) is 9.11. The highest BCUT2D eigenvalue weighted by Gasteiger charge is 2.27. The quantitative estimate of drug-likeness (QED) is 0.617. The molecule has 1 aromatic carbocycles. The number of hydrogen-bond donors (Lipinski definition) is 1. The van der Waals surface area contributed by atoms with E-state index in [1.807, 2.05) is 0 Å². The van der Waals surface area contributed by atoms with Crippen molar-refractivity contribution in [1.82, 2.24) is 4.90 Å². The Balaban J connectivity index is 1.87. The monoisotopic (exact) mass is 327 g/mol. The van der Waals surface area contributed by atoms with Gasteiger partial charge in [-0.1, -0.05) is 6.92 Å². The third-order valence-corrected chi connectivity index (χ3v) is 4.00. The number of nitro groups is 1. The Hall–Kier alpha value is -1.14. The Labute approximate surface area is 121 Å². The summed E-state index contributed by atoms with van der Waals surface area (Å²) in [7, 11) is 0.